The molecule has 0 unspecified atom stereocenters. The summed E-state index contributed by atoms with van der Waals surface area (Å²) in [5, 5.41) is 0. The van der Waals surface area contributed by atoms with Crippen LogP contribution in [0.4, 0.5) is 0 Å². The molecule has 0 radical (unpaired) electrons. The van der Waals surface area contributed by atoms with Gasteiger partial charge in [-0.25, -0.2) is 13.1 Å². The van der Waals surface area contributed by atoms with Crippen LogP contribution in [-0.4, -0.2) is 20.4 Å². The molecule has 0 bridgehead atoms. The highest BCUT2D eigenvalue weighted by molar-refractivity contribution is 7.90. The number of amides is 1. The Kier molecular flexibility index (Phi) is 4.81. The lowest BCUT2D eigenvalue weighted by atomic mass is 9.96. The van der Waals surface area contributed by atoms with Gasteiger partial charge in [-0.05, 0) is 24.1 Å². The van der Waals surface area contributed by atoms with Gasteiger partial charge in [0.2, 0.25) is 5.91 Å². The Morgan fingerprint density at radius 1 is 1.12 bits per heavy atom. The molecule has 25 heavy (non-hydrogen) atoms. The monoisotopic (exact) mass is 359 g/mol. The SMILES string of the molecule is CCc1ccccc1S(=O)(=O)NC(=O)C[C@@H]1Oc2ccccc2[C@@H]1C. The van der Waals surface area contributed by atoms with Gasteiger partial charge in [0.15, 0.2) is 0 Å². The summed E-state index contributed by atoms with van der Waals surface area (Å²) in [6.07, 6.45) is 0.196. The Labute approximate surface area is 148 Å². The molecule has 0 spiro atoms. The third-order valence-corrected chi connectivity index (χ3v) is 6.00. The minimum Gasteiger partial charge on any atom is -0.489 e. The molecule has 0 saturated carbocycles. The molecule has 1 N–H and O–H groups in total. The number of aryl methyl sites for hydroxylation is 1. The van der Waals surface area contributed by atoms with Gasteiger partial charge in [0, 0.05) is 11.5 Å². The fraction of sp³-hybridized carbons (Fsp3) is 0.316. The summed E-state index contributed by atoms with van der Waals surface area (Å²) in [7, 11) is -3.88. The lowest BCUT2D eigenvalue weighted by Gasteiger charge is -2.16. The number of carbonyl (C=O) groups excluding carboxylic acids is 1. The standard InChI is InChI=1S/C19H21NO4S/c1-3-14-8-4-7-11-18(14)25(22,23)20-19(21)12-17-13(2)15-9-5-6-10-16(15)24-17/h4-11,13,17H,3,12H2,1-2H3,(H,20,21)/t13-,17-/m0/s1. The lowest BCUT2D eigenvalue weighted by molar-refractivity contribution is -0.120. The minimum atomic E-state index is -3.88. The van der Waals surface area contributed by atoms with Gasteiger partial charge in [-0.2, -0.15) is 0 Å². The van der Waals surface area contributed by atoms with E-state index >= 15 is 0 Å². The molecule has 1 heterocycles. The summed E-state index contributed by atoms with van der Waals surface area (Å²) >= 11 is 0. The summed E-state index contributed by atoms with van der Waals surface area (Å²) < 4.78 is 33.0. The van der Waals surface area contributed by atoms with E-state index in [9.17, 15) is 13.2 Å². The molecule has 6 heteroatoms. The van der Waals surface area contributed by atoms with Gasteiger partial charge in [0.05, 0.1) is 11.3 Å². The van der Waals surface area contributed by atoms with Crippen LogP contribution in [0.1, 0.15) is 37.3 Å². The Hall–Kier alpha value is -2.34. The molecule has 0 fully saturated rings. The van der Waals surface area contributed by atoms with Gasteiger partial charge >= 0.3 is 0 Å². The van der Waals surface area contributed by atoms with Crippen LogP contribution >= 0.6 is 0 Å². The first-order chi connectivity index (χ1) is 11.9. The Morgan fingerprint density at radius 3 is 2.52 bits per heavy atom. The highest BCUT2D eigenvalue weighted by Gasteiger charge is 2.33. The summed E-state index contributed by atoms with van der Waals surface area (Å²) in [5.41, 5.74) is 1.72. The quantitative estimate of drug-likeness (QED) is 0.891. The molecule has 2 aromatic rings. The number of carbonyl (C=O) groups is 1. The van der Waals surface area contributed by atoms with E-state index in [1.54, 1.807) is 18.2 Å². The maximum atomic E-state index is 12.5. The van der Waals surface area contributed by atoms with E-state index in [2.05, 4.69) is 4.72 Å². The fourth-order valence-corrected chi connectivity index (χ4v) is 4.44. The van der Waals surface area contributed by atoms with Crippen molar-refractivity contribution in [1.29, 1.82) is 0 Å². The lowest BCUT2D eigenvalue weighted by Crippen LogP contribution is -2.35. The topological polar surface area (TPSA) is 72.5 Å². The predicted octanol–water partition coefficient (Wildman–Crippen LogP) is 3.01. The van der Waals surface area contributed by atoms with Gasteiger partial charge in [-0.1, -0.05) is 50.2 Å². The van der Waals surface area contributed by atoms with Gasteiger partial charge < -0.3 is 4.74 Å². The second kappa shape index (κ2) is 6.88. The first-order valence-electron chi connectivity index (χ1n) is 8.31. The van der Waals surface area contributed by atoms with E-state index in [0.717, 1.165) is 11.3 Å². The van der Waals surface area contributed by atoms with Crippen molar-refractivity contribution < 1.29 is 17.9 Å². The number of hydrogen-bond acceptors (Lipinski definition) is 4. The van der Waals surface area contributed by atoms with Crippen molar-refractivity contribution in [3.05, 3.63) is 59.7 Å². The van der Waals surface area contributed by atoms with Crippen molar-refractivity contribution >= 4 is 15.9 Å². The molecule has 2 atom stereocenters. The van der Waals surface area contributed by atoms with Crippen LogP contribution in [0.5, 0.6) is 5.75 Å². The van der Waals surface area contributed by atoms with Crippen molar-refractivity contribution in [3.63, 3.8) is 0 Å². The van der Waals surface area contributed by atoms with E-state index in [0.29, 0.717) is 12.0 Å². The molecule has 132 valence electrons. The average molecular weight is 359 g/mol. The maximum absolute atomic E-state index is 12.5. The van der Waals surface area contributed by atoms with Gasteiger partial charge in [0.25, 0.3) is 10.0 Å². The molecular formula is C19H21NO4S. The van der Waals surface area contributed by atoms with Crippen molar-refractivity contribution in [3.8, 4) is 5.75 Å². The third-order valence-electron chi connectivity index (χ3n) is 4.52. The molecule has 1 aliphatic rings. The molecule has 0 aliphatic carbocycles. The number of rotatable bonds is 5. The van der Waals surface area contributed by atoms with E-state index in [4.69, 9.17) is 4.74 Å². The highest BCUT2D eigenvalue weighted by Crippen LogP contribution is 2.38. The van der Waals surface area contributed by atoms with E-state index in [1.807, 2.05) is 38.1 Å². The maximum Gasteiger partial charge on any atom is 0.264 e. The number of nitrogens with one attached hydrogen (secondary N) is 1. The first-order valence-corrected chi connectivity index (χ1v) is 9.80. The Balaban J connectivity index is 1.71. The summed E-state index contributed by atoms with van der Waals surface area (Å²) in [4.78, 5) is 12.5. The number of para-hydroxylation sites is 1. The number of hydrogen-bond donors (Lipinski definition) is 1. The van der Waals surface area contributed by atoms with Crippen LogP contribution in [0, 0.1) is 0 Å². The summed E-state index contributed by atoms with van der Waals surface area (Å²) in [5.74, 6) is 0.232. The minimum absolute atomic E-state index is 0.0105. The highest BCUT2D eigenvalue weighted by atomic mass is 32.2. The molecular weight excluding hydrogens is 338 g/mol. The molecule has 1 amide bonds. The Morgan fingerprint density at radius 2 is 1.80 bits per heavy atom. The van der Waals surface area contributed by atoms with Gasteiger partial charge in [-0.3, -0.25) is 4.79 Å². The molecule has 0 saturated heterocycles. The fourth-order valence-electron chi connectivity index (χ4n) is 3.14. The third kappa shape index (κ3) is 3.54. The zero-order chi connectivity index (χ0) is 18.0. The number of sulfonamides is 1. The Bertz CT molecular complexity index is 892. The molecule has 3 rings (SSSR count). The van der Waals surface area contributed by atoms with E-state index < -0.39 is 15.9 Å². The van der Waals surface area contributed by atoms with Gasteiger partial charge in [-0.15, -0.1) is 0 Å². The first kappa shape index (κ1) is 17.5. The number of benzene rings is 2. The molecule has 5 nitrogen and oxygen atoms in total. The van der Waals surface area contributed by atoms with Crippen LogP contribution in [-0.2, 0) is 21.2 Å². The smallest absolute Gasteiger partial charge is 0.264 e. The van der Waals surface area contributed by atoms with Crippen LogP contribution < -0.4 is 9.46 Å². The largest absolute Gasteiger partial charge is 0.489 e. The molecule has 0 aromatic heterocycles. The molecule has 2 aromatic carbocycles. The van der Waals surface area contributed by atoms with Crippen LogP contribution in [0.25, 0.3) is 0 Å². The second-order valence-electron chi connectivity index (χ2n) is 6.18. The van der Waals surface area contributed by atoms with Crippen molar-refractivity contribution in [1.82, 2.24) is 4.72 Å². The normalized spacial score (nSPS) is 19.1. The van der Waals surface area contributed by atoms with Gasteiger partial charge in [0.1, 0.15) is 11.9 Å². The van der Waals surface area contributed by atoms with Crippen molar-refractivity contribution in [2.75, 3.05) is 0 Å². The second-order valence-corrected chi connectivity index (χ2v) is 7.83. The van der Waals surface area contributed by atoms with Crippen LogP contribution in [0.2, 0.25) is 0 Å². The van der Waals surface area contributed by atoms with E-state index in [-0.39, 0.29) is 23.3 Å². The van der Waals surface area contributed by atoms with Crippen molar-refractivity contribution in [2.45, 2.75) is 43.6 Å². The van der Waals surface area contributed by atoms with Crippen LogP contribution in [0.15, 0.2) is 53.4 Å². The summed E-state index contributed by atoms with van der Waals surface area (Å²) in [6.45, 7) is 3.85. The number of fused-ring (bicyclic) bond motifs is 1. The molecule has 1 aliphatic heterocycles. The number of ether oxygens (including phenoxy) is 1. The zero-order valence-electron chi connectivity index (χ0n) is 14.2. The zero-order valence-corrected chi connectivity index (χ0v) is 15.0. The van der Waals surface area contributed by atoms with E-state index in [1.165, 1.54) is 6.07 Å². The summed E-state index contributed by atoms with van der Waals surface area (Å²) in [6, 6.07) is 14.3. The average Bonchev–Trinajstić information content (AvgIpc) is 2.90. The predicted molar refractivity (Wildman–Crippen MR) is 95.0 cm³/mol. The van der Waals surface area contributed by atoms with Crippen LogP contribution in [0.3, 0.4) is 0 Å². The van der Waals surface area contributed by atoms with Crippen molar-refractivity contribution in [2.24, 2.45) is 0 Å².